The Morgan fingerprint density at radius 1 is 1.21 bits per heavy atom. The average molecular weight is 457 g/mol. The van der Waals surface area contributed by atoms with E-state index in [-0.39, 0.29) is 16.8 Å². The number of benzene rings is 1. The Morgan fingerprint density at radius 2 is 1.76 bits per heavy atom. The molecule has 2 fully saturated rings. The lowest BCUT2D eigenvalue weighted by Crippen LogP contribution is -2.58. The second-order valence-corrected chi connectivity index (χ2v) is 9.47. The third-order valence-corrected chi connectivity index (χ3v) is 7.62. The van der Waals surface area contributed by atoms with Gasteiger partial charge in [0.15, 0.2) is 14.6 Å². The molecule has 1 heterocycles. The van der Waals surface area contributed by atoms with Crippen molar-refractivity contribution in [3.8, 4) is 0 Å². The van der Waals surface area contributed by atoms with Crippen molar-refractivity contribution in [1.29, 1.82) is 0 Å². The van der Waals surface area contributed by atoms with Crippen molar-refractivity contribution in [1.82, 2.24) is 10.6 Å². The van der Waals surface area contributed by atoms with E-state index in [9.17, 15) is 26.4 Å². The number of rotatable bonds is 4. The topological polar surface area (TPSA) is 113 Å². The van der Waals surface area contributed by atoms with Gasteiger partial charge in [0, 0.05) is 17.6 Å². The van der Waals surface area contributed by atoms with Crippen LogP contribution in [-0.2, 0) is 19.4 Å². The Labute approximate surface area is 170 Å². The van der Waals surface area contributed by atoms with Crippen LogP contribution in [0.15, 0.2) is 29.2 Å². The van der Waals surface area contributed by atoms with Crippen molar-refractivity contribution in [3.05, 3.63) is 29.3 Å². The number of sulfone groups is 1. The van der Waals surface area contributed by atoms with Gasteiger partial charge in [0.05, 0.1) is 4.90 Å². The minimum absolute atomic E-state index is 0.0189. The summed E-state index contributed by atoms with van der Waals surface area (Å²) in [4.78, 5) is 21.7. The molecule has 3 N–H and O–H groups in total. The largest absolute Gasteiger partial charge is 0.490 e. The summed E-state index contributed by atoms with van der Waals surface area (Å²) in [5.41, 5.74) is 0. The van der Waals surface area contributed by atoms with Gasteiger partial charge in [-0.05, 0) is 56.5 Å². The molecule has 162 valence electrons. The van der Waals surface area contributed by atoms with E-state index in [0.29, 0.717) is 24.4 Å². The molecule has 0 radical (unpaired) electrons. The van der Waals surface area contributed by atoms with Crippen molar-refractivity contribution < 1.29 is 36.3 Å². The number of hydrogen-bond acceptors (Lipinski definition) is 5. The van der Waals surface area contributed by atoms with Gasteiger partial charge in [-0.1, -0.05) is 11.6 Å². The molecular formula is C17H20ClF3N2O5S. The van der Waals surface area contributed by atoms with E-state index in [0.717, 1.165) is 19.4 Å². The quantitative estimate of drug-likeness (QED) is 0.640. The van der Waals surface area contributed by atoms with Crippen molar-refractivity contribution >= 4 is 33.3 Å². The van der Waals surface area contributed by atoms with E-state index in [1.807, 2.05) is 0 Å². The molecule has 3 rings (SSSR count). The minimum Gasteiger partial charge on any atom is -0.475 e. The molecule has 0 spiro atoms. The molecule has 1 aliphatic carbocycles. The molecular weight excluding hydrogens is 437 g/mol. The average Bonchev–Trinajstić information content (AvgIpc) is 3.06. The summed E-state index contributed by atoms with van der Waals surface area (Å²) in [6.45, 7) is 1.55. The summed E-state index contributed by atoms with van der Waals surface area (Å²) in [6.07, 6.45) is -2.74. The number of carboxylic acids is 1. The monoisotopic (exact) mass is 456 g/mol. The molecule has 1 saturated carbocycles. The van der Waals surface area contributed by atoms with Crippen LogP contribution in [0.2, 0.25) is 5.02 Å². The Bertz CT molecular complexity index is 849. The third-order valence-electron chi connectivity index (χ3n) is 4.85. The Morgan fingerprint density at radius 3 is 2.14 bits per heavy atom. The first-order valence-electron chi connectivity index (χ1n) is 8.72. The van der Waals surface area contributed by atoms with Crippen LogP contribution >= 0.6 is 11.6 Å². The molecule has 0 bridgehead atoms. The molecule has 0 unspecified atom stereocenters. The predicted octanol–water partition coefficient (Wildman–Crippen LogP) is 2.15. The molecule has 1 aromatic carbocycles. The SMILES string of the molecule is O=C(N[C@H]1CCNC1)C1(S(=O)(=O)c2ccc(Cl)cc2)CCC1.O=C(O)C(F)(F)F. The summed E-state index contributed by atoms with van der Waals surface area (Å²) >= 11 is 5.82. The third kappa shape index (κ3) is 5.20. The lowest BCUT2D eigenvalue weighted by Gasteiger charge is -2.39. The van der Waals surface area contributed by atoms with Crippen LogP contribution in [0.1, 0.15) is 25.7 Å². The van der Waals surface area contributed by atoms with Gasteiger partial charge in [0.2, 0.25) is 5.91 Å². The molecule has 0 aromatic heterocycles. The number of nitrogens with one attached hydrogen (secondary N) is 2. The maximum absolute atomic E-state index is 12.9. The van der Waals surface area contributed by atoms with Crippen LogP contribution in [-0.4, -0.2) is 55.5 Å². The van der Waals surface area contributed by atoms with E-state index in [1.165, 1.54) is 12.1 Å². The second kappa shape index (κ2) is 8.88. The van der Waals surface area contributed by atoms with Crippen molar-refractivity contribution in [2.24, 2.45) is 0 Å². The first kappa shape index (κ1) is 23.4. The van der Waals surface area contributed by atoms with Crippen LogP contribution in [0.25, 0.3) is 0 Å². The molecule has 1 aliphatic heterocycles. The number of carbonyl (C=O) groups excluding carboxylic acids is 1. The summed E-state index contributed by atoms with van der Waals surface area (Å²) in [5.74, 6) is -3.12. The molecule has 12 heteroatoms. The maximum Gasteiger partial charge on any atom is 0.490 e. The number of amides is 1. The van der Waals surface area contributed by atoms with Gasteiger partial charge in [0.1, 0.15) is 0 Å². The first-order valence-corrected chi connectivity index (χ1v) is 10.6. The lowest BCUT2D eigenvalue weighted by atomic mass is 9.83. The zero-order valence-corrected chi connectivity index (χ0v) is 16.7. The highest BCUT2D eigenvalue weighted by atomic mass is 35.5. The minimum atomic E-state index is -5.08. The zero-order valence-electron chi connectivity index (χ0n) is 15.1. The van der Waals surface area contributed by atoms with E-state index in [2.05, 4.69) is 10.6 Å². The lowest BCUT2D eigenvalue weighted by molar-refractivity contribution is -0.192. The van der Waals surface area contributed by atoms with Crippen molar-refractivity contribution in [2.45, 2.75) is 47.5 Å². The number of carbonyl (C=O) groups is 2. The molecule has 1 amide bonds. The molecule has 2 aliphatic rings. The Hall–Kier alpha value is -1.85. The molecule has 7 nitrogen and oxygen atoms in total. The van der Waals surface area contributed by atoms with Crippen LogP contribution in [0.4, 0.5) is 13.2 Å². The molecule has 1 atom stereocenters. The summed E-state index contributed by atoms with van der Waals surface area (Å²) in [6, 6.07) is 6.05. The number of alkyl halides is 3. The van der Waals surface area contributed by atoms with E-state index in [1.54, 1.807) is 12.1 Å². The zero-order chi connectivity index (χ0) is 21.9. The van der Waals surface area contributed by atoms with E-state index < -0.39 is 26.7 Å². The molecule has 1 saturated heterocycles. The van der Waals surface area contributed by atoms with E-state index >= 15 is 0 Å². The summed E-state index contributed by atoms with van der Waals surface area (Å²) in [7, 11) is -3.71. The van der Waals surface area contributed by atoms with Gasteiger partial charge in [-0.25, -0.2) is 13.2 Å². The molecule has 29 heavy (non-hydrogen) atoms. The Kier molecular flexibility index (Phi) is 7.18. The van der Waals surface area contributed by atoms with Crippen LogP contribution in [0.5, 0.6) is 0 Å². The number of aliphatic carboxylic acids is 1. The van der Waals surface area contributed by atoms with Gasteiger partial charge >= 0.3 is 12.1 Å². The first-order chi connectivity index (χ1) is 13.4. The van der Waals surface area contributed by atoms with Gasteiger partial charge in [0.25, 0.3) is 0 Å². The summed E-state index contributed by atoms with van der Waals surface area (Å²) < 4.78 is 56.3. The van der Waals surface area contributed by atoms with Crippen LogP contribution in [0, 0.1) is 0 Å². The highest BCUT2D eigenvalue weighted by molar-refractivity contribution is 7.93. The van der Waals surface area contributed by atoms with Gasteiger partial charge in [-0.3, -0.25) is 4.79 Å². The number of halogens is 4. The van der Waals surface area contributed by atoms with Crippen LogP contribution in [0.3, 0.4) is 0 Å². The highest BCUT2D eigenvalue weighted by Crippen LogP contribution is 2.43. The second-order valence-electron chi connectivity index (χ2n) is 6.77. The van der Waals surface area contributed by atoms with Crippen molar-refractivity contribution in [3.63, 3.8) is 0 Å². The Balaban J connectivity index is 0.000000370. The van der Waals surface area contributed by atoms with Gasteiger partial charge in [-0.15, -0.1) is 0 Å². The number of carboxylic acid groups (broad SMARTS) is 1. The predicted molar refractivity (Wildman–Crippen MR) is 98.3 cm³/mol. The maximum atomic E-state index is 12.9. The fraction of sp³-hybridized carbons (Fsp3) is 0.529. The van der Waals surface area contributed by atoms with Crippen molar-refractivity contribution in [2.75, 3.05) is 13.1 Å². The smallest absolute Gasteiger partial charge is 0.475 e. The normalized spacial score (nSPS) is 20.8. The van der Waals surface area contributed by atoms with E-state index in [4.69, 9.17) is 21.5 Å². The molecule has 1 aromatic rings. The van der Waals surface area contributed by atoms with Crippen LogP contribution < -0.4 is 10.6 Å². The van der Waals surface area contributed by atoms with Gasteiger partial charge in [-0.2, -0.15) is 13.2 Å². The standard InChI is InChI=1S/C15H19ClN2O3S.C2HF3O2/c16-11-2-4-13(5-3-11)22(20,21)15(7-1-8-15)14(19)18-12-6-9-17-10-12;3-2(4,5)1(6)7/h2-5,12,17H,1,6-10H2,(H,18,19);(H,6,7)/t12-;/m0./s1. The van der Waals surface area contributed by atoms with Gasteiger partial charge < -0.3 is 15.7 Å². The summed E-state index contributed by atoms with van der Waals surface area (Å²) in [5, 5.41) is 13.7. The number of hydrogen-bond donors (Lipinski definition) is 3. The fourth-order valence-electron chi connectivity index (χ4n) is 3.05. The fourth-order valence-corrected chi connectivity index (χ4v) is 5.25. The highest BCUT2D eigenvalue weighted by Gasteiger charge is 2.55.